The van der Waals surface area contributed by atoms with Crippen LogP contribution in [0.2, 0.25) is 0 Å². The smallest absolute Gasteiger partial charge is 0.346 e. The van der Waals surface area contributed by atoms with E-state index in [1.807, 2.05) is 37.3 Å². The Kier molecular flexibility index (Phi) is 3.21. The Bertz CT molecular complexity index is 611. The van der Waals surface area contributed by atoms with Gasteiger partial charge in [0.15, 0.2) is 0 Å². The second kappa shape index (κ2) is 5.01. The molecule has 1 saturated heterocycles. The van der Waals surface area contributed by atoms with Crippen LogP contribution in [0.25, 0.3) is 0 Å². The number of hydrogen-bond donors (Lipinski definition) is 0. The molecule has 100 valence electrons. The Morgan fingerprint density at radius 3 is 2.74 bits per heavy atom. The molecule has 0 amide bonds. The van der Waals surface area contributed by atoms with Gasteiger partial charge in [0, 0.05) is 13.0 Å². The highest BCUT2D eigenvalue weighted by Crippen LogP contribution is 2.11. The van der Waals surface area contributed by atoms with E-state index in [0.717, 1.165) is 18.0 Å². The lowest BCUT2D eigenvalue weighted by molar-refractivity contribution is 0.369. The molecule has 1 atom stereocenters. The molecule has 1 aromatic heterocycles. The van der Waals surface area contributed by atoms with Crippen LogP contribution in [-0.2, 0) is 24.2 Å². The lowest BCUT2D eigenvalue weighted by atomic mass is 10.1. The first-order valence-electron chi connectivity index (χ1n) is 6.60. The zero-order chi connectivity index (χ0) is 13.2. The van der Waals surface area contributed by atoms with Gasteiger partial charge in [0.1, 0.15) is 11.9 Å². The number of ether oxygens (including phenoxy) is 1. The molecule has 1 aliphatic heterocycles. The van der Waals surface area contributed by atoms with Crippen molar-refractivity contribution in [1.82, 2.24) is 14.3 Å². The van der Waals surface area contributed by atoms with Crippen molar-refractivity contribution in [3.05, 3.63) is 52.2 Å². The van der Waals surface area contributed by atoms with Crippen molar-refractivity contribution in [2.75, 3.05) is 6.61 Å². The van der Waals surface area contributed by atoms with Crippen molar-refractivity contribution in [2.24, 2.45) is 0 Å². The molecule has 2 heterocycles. The molecule has 0 bridgehead atoms. The number of rotatable bonds is 5. The Morgan fingerprint density at radius 2 is 2.11 bits per heavy atom. The van der Waals surface area contributed by atoms with Gasteiger partial charge in [-0.05, 0) is 12.5 Å². The molecule has 3 rings (SSSR count). The minimum atomic E-state index is -0.0380. The van der Waals surface area contributed by atoms with Gasteiger partial charge in [-0.2, -0.15) is 5.10 Å². The van der Waals surface area contributed by atoms with Crippen LogP contribution in [0.3, 0.4) is 0 Å². The fourth-order valence-electron chi connectivity index (χ4n) is 2.20. The molecule has 5 heteroatoms. The molecule has 1 fully saturated rings. The molecule has 0 N–H and O–H groups in total. The van der Waals surface area contributed by atoms with Gasteiger partial charge in [-0.25, -0.2) is 9.48 Å². The van der Waals surface area contributed by atoms with Gasteiger partial charge in [-0.3, -0.25) is 4.57 Å². The first kappa shape index (κ1) is 12.2. The van der Waals surface area contributed by atoms with E-state index in [4.69, 9.17) is 4.74 Å². The molecule has 1 unspecified atom stereocenters. The molecule has 2 aromatic rings. The second-order valence-corrected chi connectivity index (χ2v) is 4.74. The summed E-state index contributed by atoms with van der Waals surface area (Å²) in [4.78, 5) is 12.2. The summed E-state index contributed by atoms with van der Waals surface area (Å²) in [6.07, 6.45) is 0.852. The van der Waals surface area contributed by atoms with Gasteiger partial charge in [0.05, 0.1) is 13.2 Å². The van der Waals surface area contributed by atoms with Gasteiger partial charge >= 0.3 is 5.69 Å². The average molecular weight is 259 g/mol. The fraction of sp³-hybridized carbons (Fsp3) is 0.429. The van der Waals surface area contributed by atoms with Crippen molar-refractivity contribution < 1.29 is 4.74 Å². The quantitative estimate of drug-likeness (QED) is 0.754. The summed E-state index contributed by atoms with van der Waals surface area (Å²) in [5.74, 6) is 0.819. The first-order chi connectivity index (χ1) is 9.28. The van der Waals surface area contributed by atoms with E-state index in [-0.39, 0.29) is 11.8 Å². The molecule has 0 spiro atoms. The van der Waals surface area contributed by atoms with Crippen LogP contribution in [0.4, 0.5) is 0 Å². The maximum Gasteiger partial charge on any atom is 0.346 e. The molecule has 1 aliphatic rings. The number of hydrogen-bond acceptors (Lipinski definition) is 3. The largest absolute Gasteiger partial charge is 0.371 e. The van der Waals surface area contributed by atoms with E-state index in [2.05, 4.69) is 5.10 Å². The normalized spacial score (nSPS) is 17.6. The van der Waals surface area contributed by atoms with E-state index in [9.17, 15) is 4.79 Å². The second-order valence-electron chi connectivity index (χ2n) is 4.74. The molecule has 19 heavy (non-hydrogen) atoms. The van der Waals surface area contributed by atoms with Crippen LogP contribution in [0.15, 0.2) is 35.1 Å². The van der Waals surface area contributed by atoms with E-state index in [1.165, 1.54) is 4.68 Å². The third-order valence-corrected chi connectivity index (χ3v) is 3.30. The van der Waals surface area contributed by atoms with Crippen LogP contribution in [0.5, 0.6) is 0 Å². The summed E-state index contributed by atoms with van der Waals surface area (Å²) in [5.41, 5.74) is 1.13. The standard InChI is InChI=1S/C14H17N3O2/c1-2-16-13(8-11-6-4-3-5-7-11)15-17(14(16)18)9-12-10-19-12/h3-7,12H,2,8-10H2,1H3. The summed E-state index contributed by atoms with van der Waals surface area (Å²) in [5, 5.41) is 4.44. The monoisotopic (exact) mass is 259 g/mol. The van der Waals surface area contributed by atoms with Gasteiger partial charge < -0.3 is 4.74 Å². The van der Waals surface area contributed by atoms with Crippen LogP contribution in [-0.4, -0.2) is 27.1 Å². The van der Waals surface area contributed by atoms with Crippen molar-refractivity contribution in [1.29, 1.82) is 0 Å². The van der Waals surface area contributed by atoms with Gasteiger partial charge in [0.25, 0.3) is 0 Å². The third kappa shape index (κ3) is 2.61. The number of benzene rings is 1. The summed E-state index contributed by atoms with van der Waals surface area (Å²) in [6, 6.07) is 10.1. The SMILES string of the molecule is CCn1c(Cc2ccccc2)nn(CC2CO2)c1=O. The Labute approximate surface area is 111 Å². The average Bonchev–Trinajstić information content (AvgIpc) is 3.18. The highest BCUT2D eigenvalue weighted by Gasteiger charge is 2.25. The van der Waals surface area contributed by atoms with Crippen LogP contribution >= 0.6 is 0 Å². The Balaban J connectivity index is 1.89. The number of epoxide rings is 1. The molecule has 0 saturated carbocycles. The summed E-state index contributed by atoms with van der Waals surface area (Å²) in [7, 11) is 0. The summed E-state index contributed by atoms with van der Waals surface area (Å²) >= 11 is 0. The van der Waals surface area contributed by atoms with Gasteiger partial charge in [0.2, 0.25) is 0 Å². The van der Waals surface area contributed by atoms with E-state index in [1.54, 1.807) is 4.57 Å². The van der Waals surface area contributed by atoms with Crippen LogP contribution in [0, 0.1) is 0 Å². The number of nitrogens with zero attached hydrogens (tertiary/aromatic N) is 3. The van der Waals surface area contributed by atoms with Crippen molar-refractivity contribution in [3.8, 4) is 0 Å². The third-order valence-electron chi connectivity index (χ3n) is 3.30. The predicted octanol–water partition coefficient (Wildman–Crippen LogP) is 1.05. The molecule has 0 radical (unpaired) electrons. The maximum atomic E-state index is 12.2. The summed E-state index contributed by atoms with van der Waals surface area (Å²) in [6.45, 7) is 3.91. The van der Waals surface area contributed by atoms with E-state index >= 15 is 0 Å². The maximum absolute atomic E-state index is 12.2. The van der Waals surface area contributed by atoms with Crippen LogP contribution in [0.1, 0.15) is 18.3 Å². The molecular weight excluding hydrogens is 242 g/mol. The first-order valence-corrected chi connectivity index (χ1v) is 6.60. The van der Waals surface area contributed by atoms with Gasteiger partial charge in [-0.15, -0.1) is 0 Å². The molecule has 1 aromatic carbocycles. The van der Waals surface area contributed by atoms with E-state index < -0.39 is 0 Å². The minimum absolute atomic E-state index is 0.0380. The summed E-state index contributed by atoms with van der Waals surface area (Å²) < 4.78 is 8.42. The van der Waals surface area contributed by atoms with Crippen LogP contribution < -0.4 is 5.69 Å². The molecule has 0 aliphatic carbocycles. The van der Waals surface area contributed by atoms with Gasteiger partial charge in [-0.1, -0.05) is 30.3 Å². The fourth-order valence-corrected chi connectivity index (χ4v) is 2.20. The topological polar surface area (TPSA) is 52.4 Å². The minimum Gasteiger partial charge on any atom is -0.371 e. The van der Waals surface area contributed by atoms with Crippen molar-refractivity contribution in [2.45, 2.75) is 32.5 Å². The highest BCUT2D eigenvalue weighted by atomic mass is 16.6. The Hall–Kier alpha value is -1.88. The lowest BCUT2D eigenvalue weighted by Gasteiger charge is -2.01. The molecular formula is C14H17N3O2. The predicted molar refractivity (Wildman–Crippen MR) is 71.1 cm³/mol. The van der Waals surface area contributed by atoms with Crippen molar-refractivity contribution in [3.63, 3.8) is 0 Å². The zero-order valence-corrected chi connectivity index (χ0v) is 11.0. The van der Waals surface area contributed by atoms with E-state index in [0.29, 0.717) is 19.5 Å². The highest BCUT2D eigenvalue weighted by molar-refractivity contribution is 5.18. The zero-order valence-electron chi connectivity index (χ0n) is 11.0. The Morgan fingerprint density at radius 1 is 1.37 bits per heavy atom. The number of aromatic nitrogens is 3. The van der Waals surface area contributed by atoms with Crippen molar-refractivity contribution >= 4 is 0 Å². The lowest BCUT2D eigenvalue weighted by Crippen LogP contribution is -2.26. The molecule has 5 nitrogen and oxygen atoms in total.